The van der Waals surface area contributed by atoms with Gasteiger partial charge in [-0.15, -0.1) is 0 Å². The van der Waals surface area contributed by atoms with E-state index < -0.39 is 0 Å². The number of nitrogens with two attached hydrogens (primary N) is 1. The fraction of sp³-hybridized carbons (Fsp3) is 0.500. The van der Waals surface area contributed by atoms with Gasteiger partial charge in [-0.1, -0.05) is 29.8 Å². The lowest BCUT2D eigenvalue weighted by atomic mass is 9.70. The van der Waals surface area contributed by atoms with Crippen LogP contribution >= 0.6 is 11.6 Å². The van der Waals surface area contributed by atoms with Gasteiger partial charge >= 0.3 is 0 Å². The molecule has 2 nitrogen and oxygen atoms in total. The third kappa shape index (κ3) is 1.19. The van der Waals surface area contributed by atoms with Crippen LogP contribution in [-0.2, 0) is 10.2 Å². The molecule has 1 saturated heterocycles. The van der Waals surface area contributed by atoms with Crippen LogP contribution in [0.3, 0.4) is 0 Å². The zero-order valence-electron chi connectivity index (χ0n) is 8.50. The minimum Gasteiger partial charge on any atom is -0.379 e. The lowest BCUT2D eigenvalue weighted by Crippen LogP contribution is -2.60. The van der Waals surface area contributed by atoms with E-state index in [4.69, 9.17) is 22.1 Å². The Morgan fingerprint density at radius 3 is 2.33 bits per heavy atom. The van der Waals surface area contributed by atoms with Gasteiger partial charge in [0.05, 0.1) is 18.6 Å². The van der Waals surface area contributed by atoms with Crippen LogP contribution in [0.2, 0.25) is 5.02 Å². The summed E-state index contributed by atoms with van der Waals surface area (Å²) < 4.78 is 5.38. The van der Waals surface area contributed by atoms with E-state index in [2.05, 4.69) is 6.07 Å². The average Bonchev–Trinajstić information content (AvgIpc) is 2.86. The maximum absolute atomic E-state index is 6.35. The first-order valence-corrected chi connectivity index (χ1v) is 5.67. The van der Waals surface area contributed by atoms with Gasteiger partial charge in [-0.25, -0.2) is 0 Å². The molecular weight excluding hydrogens is 210 g/mol. The van der Waals surface area contributed by atoms with E-state index in [0.717, 1.165) is 23.4 Å². The monoisotopic (exact) mass is 223 g/mol. The van der Waals surface area contributed by atoms with Crippen molar-refractivity contribution >= 4 is 11.6 Å². The molecule has 15 heavy (non-hydrogen) atoms. The van der Waals surface area contributed by atoms with Gasteiger partial charge in [0.25, 0.3) is 0 Å². The number of benzene rings is 1. The van der Waals surface area contributed by atoms with Crippen LogP contribution in [0.25, 0.3) is 0 Å². The van der Waals surface area contributed by atoms with E-state index in [-0.39, 0.29) is 11.0 Å². The Labute approximate surface area is 94.4 Å². The fourth-order valence-electron chi connectivity index (χ4n) is 2.48. The van der Waals surface area contributed by atoms with E-state index >= 15 is 0 Å². The third-order valence-electron chi connectivity index (χ3n) is 3.83. The van der Waals surface area contributed by atoms with Crippen molar-refractivity contribution in [1.29, 1.82) is 0 Å². The molecule has 3 rings (SSSR count). The lowest BCUT2D eigenvalue weighted by Gasteiger charge is -2.47. The van der Waals surface area contributed by atoms with Gasteiger partial charge in [-0.2, -0.15) is 0 Å². The summed E-state index contributed by atoms with van der Waals surface area (Å²) in [6.45, 7) is 1.43. The van der Waals surface area contributed by atoms with Crippen LogP contribution < -0.4 is 5.73 Å². The van der Waals surface area contributed by atoms with E-state index in [9.17, 15) is 0 Å². The Balaban J connectivity index is 2.08. The molecule has 1 saturated carbocycles. The molecule has 1 aliphatic heterocycles. The zero-order valence-corrected chi connectivity index (χ0v) is 9.26. The Morgan fingerprint density at radius 1 is 1.20 bits per heavy atom. The smallest absolute Gasteiger partial charge is 0.0614 e. The first kappa shape index (κ1) is 9.64. The molecule has 2 N–H and O–H groups in total. The predicted octanol–water partition coefficient (Wildman–Crippen LogP) is 2.10. The molecule has 0 radical (unpaired) electrons. The minimum absolute atomic E-state index is 0.0225. The highest BCUT2D eigenvalue weighted by Gasteiger charge is 2.62. The molecule has 1 aliphatic carbocycles. The second-order valence-corrected chi connectivity index (χ2v) is 5.12. The standard InChI is InChI=1S/C12H14ClNO/c13-10-4-2-1-3-9(10)11(7-15-8-11)12(14)5-6-12/h1-4H,5-8,14H2. The molecule has 1 heterocycles. The van der Waals surface area contributed by atoms with E-state index in [0.29, 0.717) is 13.2 Å². The Hall–Kier alpha value is -0.570. The maximum Gasteiger partial charge on any atom is 0.0614 e. The summed E-state index contributed by atoms with van der Waals surface area (Å²) in [6.07, 6.45) is 2.17. The first-order chi connectivity index (χ1) is 7.18. The van der Waals surface area contributed by atoms with E-state index in [1.54, 1.807) is 0 Å². The molecular formula is C12H14ClNO. The van der Waals surface area contributed by atoms with Gasteiger partial charge in [-0.3, -0.25) is 0 Å². The normalized spacial score (nSPS) is 25.7. The molecule has 1 aromatic rings. The van der Waals surface area contributed by atoms with Gasteiger partial charge < -0.3 is 10.5 Å². The van der Waals surface area contributed by atoms with Crippen LogP contribution in [0.4, 0.5) is 0 Å². The van der Waals surface area contributed by atoms with Crippen LogP contribution in [0.15, 0.2) is 24.3 Å². The van der Waals surface area contributed by atoms with Gasteiger partial charge in [0.1, 0.15) is 0 Å². The SMILES string of the molecule is NC1(C2(c3ccccc3Cl)COC2)CC1. The third-order valence-corrected chi connectivity index (χ3v) is 4.16. The van der Waals surface area contributed by atoms with Crippen molar-refractivity contribution in [3.05, 3.63) is 34.9 Å². The van der Waals surface area contributed by atoms with Gasteiger partial charge in [-0.05, 0) is 24.5 Å². The van der Waals surface area contributed by atoms with Crippen molar-refractivity contribution in [2.75, 3.05) is 13.2 Å². The summed E-state index contributed by atoms with van der Waals surface area (Å²) in [5, 5.41) is 0.817. The molecule has 2 fully saturated rings. The topological polar surface area (TPSA) is 35.2 Å². The molecule has 3 heteroatoms. The quantitative estimate of drug-likeness (QED) is 0.834. The van der Waals surface area contributed by atoms with Crippen LogP contribution in [-0.4, -0.2) is 18.8 Å². The van der Waals surface area contributed by atoms with Crippen molar-refractivity contribution < 1.29 is 4.74 Å². The molecule has 2 aliphatic rings. The number of ether oxygens (including phenoxy) is 1. The number of rotatable bonds is 2. The van der Waals surface area contributed by atoms with Gasteiger partial charge in [0, 0.05) is 10.6 Å². The maximum atomic E-state index is 6.35. The molecule has 0 atom stereocenters. The van der Waals surface area contributed by atoms with Crippen molar-refractivity contribution in [1.82, 2.24) is 0 Å². The highest BCUT2D eigenvalue weighted by atomic mass is 35.5. The molecule has 1 aromatic carbocycles. The number of halogens is 1. The molecule has 80 valence electrons. The molecule has 0 aromatic heterocycles. The summed E-state index contributed by atoms with van der Waals surface area (Å²) in [4.78, 5) is 0. The molecule has 0 spiro atoms. The van der Waals surface area contributed by atoms with Gasteiger partial charge in [0.15, 0.2) is 0 Å². The molecule has 0 amide bonds. The number of hydrogen-bond acceptors (Lipinski definition) is 2. The van der Waals surface area contributed by atoms with Crippen LogP contribution in [0.5, 0.6) is 0 Å². The lowest BCUT2D eigenvalue weighted by molar-refractivity contribution is -0.0785. The Kier molecular flexibility index (Phi) is 1.91. The Morgan fingerprint density at radius 2 is 1.87 bits per heavy atom. The van der Waals surface area contributed by atoms with Crippen molar-refractivity contribution in [2.24, 2.45) is 5.73 Å². The van der Waals surface area contributed by atoms with Crippen LogP contribution in [0, 0.1) is 0 Å². The van der Waals surface area contributed by atoms with Crippen molar-refractivity contribution in [3.8, 4) is 0 Å². The second-order valence-electron chi connectivity index (χ2n) is 4.71. The minimum atomic E-state index is -0.0732. The van der Waals surface area contributed by atoms with Crippen molar-refractivity contribution in [3.63, 3.8) is 0 Å². The predicted molar refractivity (Wildman–Crippen MR) is 60.1 cm³/mol. The zero-order chi connectivity index (χ0) is 10.5. The summed E-state index contributed by atoms with van der Waals surface area (Å²) in [5.41, 5.74) is 7.42. The summed E-state index contributed by atoms with van der Waals surface area (Å²) >= 11 is 6.24. The molecule has 0 bridgehead atoms. The summed E-state index contributed by atoms with van der Waals surface area (Å²) in [7, 11) is 0. The molecule has 0 unspecified atom stereocenters. The largest absolute Gasteiger partial charge is 0.379 e. The Bertz CT molecular complexity index is 396. The average molecular weight is 224 g/mol. The van der Waals surface area contributed by atoms with E-state index in [1.807, 2.05) is 18.2 Å². The van der Waals surface area contributed by atoms with E-state index in [1.165, 1.54) is 0 Å². The summed E-state index contributed by atoms with van der Waals surface area (Å²) in [6, 6.07) is 7.99. The highest BCUT2D eigenvalue weighted by molar-refractivity contribution is 6.31. The fourth-order valence-corrected chi connectivity index (χ4v) is 2.80. The highest BCUT2D eigenvalue weighted by Crippen LogP contribution is 2.54. The van der Waals surface area contributed by atoms with Crippen molar-refractivity contribution in [2.45, 2.75) is 23.8 Å². The van der Waals surface area contributed by atoms with Gasteiger partial charge in [0.2, 0.25) is 0 Å². The number of hydrogen-bond donors (Lipinski definition) is 1. The van der Waals surface area contributed by atoms with Crippen LogP contribution in [0.1, 0.15) is 18.4 Å². The summed E-state index contributed by atoms with van der Waals surface area (Å²) in [5.74, 6) is 0. The first-order valence-electron chi connectivity index (χ1n) is 5.30. The second kappa shape index (κ2) is 2.97.